The second-order valence-corrected chi connectivity index (χ2v) is 9.65. The Hall–Kier alpha value is -2.80. The molecule has 1 aromatic heterocycles. The molecule has 0 saturated carbocycles. The lowest BCUT2D eigenvalue weighted by Gasteiger charge is -2.12. The molecule has 7 heteroatoms. The summed E-state index contributed by atoms with van der Waals surface area (Å²) in [6.07, 6.45) is 3.46. The summed E-state index contributed by atoms with van der Waals surface area (Å²) in [7, 11) is -1.40. The zero-order valence-corrected chi connectivity index (χ0v) is 18.4. The van der Waals surface area contributed by atoms with Gasteiger partial charge >= 0.3 is 0 Å². The fourth-order valence-corrected chi connectivity index (χ4v) is 4.87. The molecule has 6 nitrogen and oxygen atoms in total. The van der Waals surface area contributed by atoms with E-state index in [0.717, 1.165) is 24.0 Å². The van der Waals surface area contributed by atoms with Crippen molar-refractivity contribution >= 4 is 26.7 Å². The van der Waals surface area contributed by atoms with Gasteiger partial charge in [-0.1, -0.05) is 42.5 Å². The minimum absolute atomic E-state index is 0.0883. The Bertz CT molecular complexity index is 1090. The first-order valence-electron chi connectivity index (χ1n) is 10.2. The molecule has 0 saturated heterocycles. The summed E-state index contributed by atoms with van der Waals surface area (Å²) in [5, 5.41) is 7.74. The molecule has 0 atom stereocenters. The molecule has 2 aromatic carbocycles. The van der Waals surface area contributed by atoms with E-state index in [1.807, 2.05) is 30.3 Å². The number of guanidine groups is 1. The van der Waals surface area contributed by atoms with Crippen molar-refractivity contribution in [1.29, 1.82) is 0 Å². The molecule has 3 N–H and O–H groups in total. The summed E-state index contributed by atoms with van der Waals surface area (Å²) in [5.41, 5.74) is 4.49. The number of H-pyrrole nitrogens is 1. The van der Waals surface area contributed by atoms with Gasteiger partial charge in [-0.05, 0) is 42.5 Å². The second-order valence-electron chi connectivity index (χ2n) is 7.47. The SMILES string of the molecule is CN=C(NCCCS(=O)(=O)Cc1ccccc1)NCCc1c[nH]c2cc(C)ccc12. The zero-order chi connectivity index (χ0) is 21.4. The highest BCUT2D eigenvalue weighted by atomic mass is 32.2. The van der Waals surface area contributed by atoms with Gasteiger partial charge in [0.2, 0.25) is 0 Å². The van der Waals surface area contributed by atoms with Crippen LogP contribution in [-0.4, -0.2) is 45.3 Å². The maximum Gasteiger partial charge on any atom is 0.190 e. The van der Waals surface area contributed by atoms with E-state index in [0.29, 0.717) is 18.9 Å². The first-order chi connectivity index (χ1) is 14.5. The van der Waals surface area contributed by atoms with E-state index in [9.17, 15) is 8.42 Å². The highest BCUT2D eigenvalue weighted by Gasteiger charge is 2.11. The van der Waals surface area contributed by atoms with Crippen LogP contribution in [0.25, 0.3) is 10.9 Å². The molecule has 0 amide bonds. The Morgan fingerprint density at radius 3 is 2.60 bits per heavy atom. The molecule has 160 valence electrons. The summed E-state index contributed by atoms with van der Waals surface area (Å²) in [5.74, 6) is 0.928. The van der Waals surface area contributed by atoms with Crippen LogP contribution in [0, 0.1) is 6.92 Å². The Morgan fingerprint density at radius 2 is 1.83 bits per heavy atom. The van der Waals surface area contributed by atoms with Crippen molar-refractivity contribution in [1.82, 2.24) is 15.6 Å². The molecule has 0 bridgehead atoms. The maximum atomic E-state index is 12.3. The largest absolute Gasteiger partial charge is 0.361 e. The summed E-state index contributed by atoms with van der Waals surface area (Å²) in [6, 6.07) is 15.7. The van der Waals surface area contributed by atoms with Gasteiger partial charge in [0.25, 0.3) is 0 Å². The molecule has 0 unspecified atom stereocenters. The minimum atomic E-state index is -3.11. The van der Waals surface area contributed by atoms with Crippen LogP contribution in [0.2, 0.25) is 0 Å². The molecule has 0 radical (unpaired) electrons. The normalized spacial score (nSPS) is 12.3. The summed E-state index contributed by atoms with van der Waals surface area (Å²) in [4.78, 5) is 7.54. The number of aryl methyl sites for hydroxylation is 1. The van der Waals surface area contributed by atoms with Gasteiger partial charge in [-0.2, -0.15) is 0 Å². The van der Waals surface area contributed by atoms with Gasteiger partial charge < -0.3 is 15.6 Å². The quantitative estimate of drug-likeness (QED) is 0.279. The van der Waals surface area contributed by atoms with Gasteiger partial charge in [0, 0.05) is 37.2 Å². The molecule has 3 rings (SSSR count). The van der Waals surface area contributed by atoms with Gasteiger partial charge in [-0.25, -0.2) is 8.42 Å². The first-order valence-corrected chi connectivity index (χ1v) is 12.0. The first kappa shape index (κ1) is 21.9. The number of hydrogen-bond donors (Lipinski definition) is 3. The number of hydrogen-bond acceptors (Lipinski definition) is 3. The van der Waals surface area contributed by atoms with E-state index in [-0.39, 0.29) is 11.5 Å². The van der Waals surface area contributed by atoms with Crippen LogP contribution in [0.3, 0.4) is 0 Å². The molecular formula is C23H30N4O2S. The number of sulfone groups is 1. The number of aliphatic imine (C=N–C) groups is 1. The third-order valence-electron chi connectivity index (χ3n) is 4.99. The number of rotatable bonds is 9. The maximum absolute atomic E-state index is 12.3. The summed E-state index contributed by atoms with van der Waals surface area (Å²) >= 11 is 0. The molecular weight excluding hydrogens is 396 g/mol. The number of nitrogens with zero attached hydrogens (tertiary/aromatic N) is 1. The van der Waals surface area contributed by atoms with Crippen molar-refractivity contribution in [2.75, 3.05) is 25.9 Å². The topological polar surface area (TPSA) is 86.3 Å². The number of aromatic nitrogens is 1. The Balaban J connectivity index is 1.39. The molecule has 3 aromatic rings. The Labute approximate surface area is 178 Å². The summed E-state index contributed by atoms with van der Waals surface area (Å²) < 4.78 is 24.5. The van der Waals surface area contributed by atoms with Crippen molar-refractivity contribution < 1.29 is 8.42 Å². The lowest BCUT2D eigenvalue weighted by molar-refractivity contribution is 0.591. The molecule has 0 aliphatic heterocycles. The molecule has 0 spiro atoms. The van der Waals surface area contributed by atoms with Gasteiger partial charge in [0.1, 0.15) is 0 Å². The Kier molecular flexibility index (Phi) is 7.52. The lowest BCUT2D eigenvalue weighted by atomic mass is 10.1. The third-order valence-corrected chi connectivity index (χ3v) is 6.67. The lowest BCUT2D eigenvalue weighted by Crippen LogP contribution is -2.39. The monoisotopic (exact) mass is 426 g/mol. The van der Waals surface area contributed by atoms with E-state index < -0.39 is 9.84 Å². The highest BCUT2D eigenvalue weighted by Crippen LogP contribution is 2.19. The van der Waals surface area contributed by atoms with Crippen molar-refractivity contribution in [3.05, 3.63) is 71.4 Å². The van der Waals surface area contributed by atoms with Gasteiger partial charge in [0.15, 0.2) is 15.8 Å². The number of aromatic amines is 1. The third kappa shape index (κ3) is 6.35. The highest BCUT2D eigenvalue weighted by molar-refractivity contribution is 7.90. The average molecular weight is 427 g/mol. The predicted molar refractivity (Wildman–Crippen MR) is 125 cm³/mol. The van der Waals surface area contributed by atoms with Crippen molar-refractivity contribution in [2.45, 2.75) is 25.5 Å². The van der Waals surface area contributed by atoms with Gasteiger partial charge in [-0.3, -0.25) is 4.99 Å². The molecule has 0 aliphatic carbocycles. The smallest absolute Gasteiger partial charge is 0.190 e. The van der Waals surface area contributed by atoms with Crippen LogP contribution in [0.1, 0.15) is 23.1 Å². The summed E-state index contributed by atoms with van der Waals surface area (Å²) in [6.45, 7) is 3.39. The van der Waals surface area contributed by atoms with E-state index >= 15 is 0 Å². The zero-order valence-electron chi connectivity index (χ0n) is 17.6. The number of nitrogens with one attached hydrogen (secondary N) is 3. The van der Waals surface area contributed by atoms with Gasteiger partial charge in [-0.15, -0.1) is 0 Å². The molecule has 0 fully saturated rings. The Morgan fingerprint density at radius 1 is 1.07 bits per heavy atom. The predicted octanol–water partition coefficient (Wildman–Crippen LogP) is 3.19. The van der Waals surface area contributed by atoms with Crippen molar-refractivity contribution in [2.24, 2.45) is 4.99 Å². The fourth-order valence-electron chi connectivity index (χ4n) is 3.44. The van der Waals surface area contributed by atoms with Crippen LogP contribution in [0.15, 0.2) is 59.7 Å². The van der Waals surface area contributed by atoms with Crippen molar-refractivity contribution in [3.8, 4) is 0 Å². The fraction of sp³-hybridized carbons (Fsp3) is 0.348. The second kappa shape index (κ2) is 10.3. The standard InChI is InChI=1S/C23H30N4O2S/c1-18-9-10-21-20(16-27-22(21)15-18)11-13-26-23(24-2)25-12-6-14-30(28,29)17-19-7-4-3-5-8-19/h3-5,7-10,15-16,27H,6,11-14,17H2,1-2H3,(H2,24,25,26). The van der Waals surface area contributed by atoms with Crippen LogP contribution in [0.4, 0.5) is 0 Å². The van der Waals surface area contributed by atoms with Gasteiger partial charge in [0.05, 0.1) is 11.5 Å². The minimum Gasteiger partial charge on any atom is -0.361 e. The van der Waals surface area contributed by atoms with Crippen LogP contribution in [-0.2, 0) is 22.0 Å². The van der Waals surface area contributed by atoms with Crippen LogP contribution >= 0.6 is 0 Å². The van der Waals surface area contributed by atoms with Crippen LogP contribution in [0.5, 0.6) is 0 Å². The molecule has 30 heavy (non-hydrogen) atoms. The van der Waals surface area contributed by atoms with E-state index in [1.54, 1.807) is 7.05 Å². The number of fused-ring (bicyclic) bond motifs is 1. The van der Waals surface area contributed by atoms with Crippen LogP contribution < -0.4 is 10.6 Å². The number of benzene rings is 2. The van der Waals surface area contributed by atoms with E-state index in [4.69, 9.17) is 0 Å². The van der Waals surface area contributed by atoms with E-state index in [2.05, 4.69) is 51.9 Å². The van der Waals surface area contributed by atoms with E-state index in [1.165, 1.54) is 16.5 Å². The average Bonchev–Trinajstić information content (AvgIpc) is 3.12. The van der Waals surface area contributed by atoms with Crippen molar-refractivity contribution in [3.63, 3.8) is 0 Å². The molecule has 0 aliphatic rings. The molecule has 1 heterocycles.